The van der Waals surface area contributed by atoms with E-state index in [0.717, 1.165) is 11.3 Å². The van der Waals surface area contributed by atoms with E-state index in [2.05, 4.69) is 20.9 Å². The van der Waals surface area contributed by atoms with Crippen LogP contribution in [0.2, 0.25) is 0 Å². The molecule has 2 heterocycles. The highest BCUT2D eigenvalue weighted by Crippen LogP contribution is 2.43. The zero-order valence-electron chi connectivity index (χ0n) is 11.5. The zero-order chi connectivity index (χ0) is 16.8. The van der Waals surface area contributed by atoms with Gasteiger partial charge < -0.3 is 10.0 Å². The number of nitrogens with zero attached hydrogens (tertiary/aromatic N) is 2. The Morgan fingerprint density at radius 3 is 2.78 bits per heavy atom. The second-order valence-corrected chi connectivity index (χ2v) is 6.94. The predicted molar refractivity (Wildman–Crippen MR) is 82.4 cm³/mol. The molecule has 0 spiro atoms. The molecule has 2 aromatic rings. The maximum atomic E-state index is 13.3. The van der Waals surface area contributed by atoms with Crippen LogP contribution < -0.4 is 0 Å². The van der Waals surface area contributed by atoms with E-state index in [1.165, 1.54) is 23.1 Å². The molecule has 0 bridgehead atoms. The molecule has 1 aromatic carbocycles. The van der Waals surface area contributed by atoms with Crippen LogP contribution in [0.15, 0.2) is 22.7 Å². The summed E-state index contributed by atoms with van der Waals surface area (Å²) in [4.78, 5) is 17.3. The van der Waals surface area contributed by atoms with Gasteiger partial charge in [0.1, 0.15) is 5.01 Å². The Hall–Kier alpha value is -1.61. The molecular weight excluding hydrogens is 397 g/mol. The molecule has 1 amide bonds. The molecule has 4 nitrogen and oxygen atoms in total. The van der Waals surface area contributed by atoms with Crippen molar-refractivity contribution in [2.24, 2.45) is 0 Å². The molecule has 1 N–H and O–H groups in total. The second kappa shape index (κ2) is 5.79. The van der Waals surface area contributed by atoms with Crippen LogP contribution in [0.4, 0.5) is 18.0 Å². The molecule has 3 rings (SSSR count). The first-order chi connectivity index (χ1) is 10.8. The summed E-state index contributed by atoms with van der Waals surface area (Å²) in [6.45, 7) is 0.466. The third kappa shape index (κ3) is 3.07. The molecule has 122 valence electrons. The standard InChI is InChI=1S/C14H10BrF3N2O2S/c15-8-3-1-2-7(11(8)14(16,17)18)12-19-9-4-5-20(13(21)22)6-10(9)23-12/h1-3H,4-6H2,(H,21,22). The zero-order valence-corrected chi connectivity index (χ0v) is 13.9. The van der Waals surface area contributed by atoms with Crippen molar-refractivity contribution in [2.45, 2.75) is 19.1 Å². The molecule has 0 saturated heterocycles. The van der Waals surface area contributed by atoms with Gasteiger partial charge in [-0.25, -0.2) is 9.78 Å². The smallest absolute Gasteiger partial charge is 0.418 e. The average molecular weight is 407 g/mol. The summed E-state index contributed by atoms with van der Waals surface area (Å²) < 4.78 is 39.9. The lowest BCUT2D eigenvalue weighted by atomic mass is 10.1. The van der Waals surface area contributed by atoms with Crippen LogP contribution in [-0.2, 0) is 19.1 Å². The predicted octanol–water partition coefficient (Wildman–Crippen LogP) is 4.63. The Morgan fingerprint density at radius 2 is 2.13 bits per heavy atom. The van der Waals surface area contributed by atoms with Gasteiger partial charge in [0.05, 0.1) is 17.8 Å². The van der Waals surface area contributed by atoms with E-state index < -0.39 is 17.8 Å². The molecule has 23 heavy (non-hydrogen) atoms. The second-order valence-electron chi connectivity index (χ2n) is 5.00. The van der Waals surface area contributed by atoms with Crippen molar-refractivity contribution in [3.63, 3.8) is 0 Å². The molecular formula is C14H10BrF3N2O2S. The van der Waals surface area contributed by atoms with E-state index in [-0.39, 0.29) is 21.6 Å². The summed E-state index contributed by atoms with van der Waals surface area (Å²) in [5.41, 5.74) is -0.0788. The summed E-state index contributed by atoms with van der Waals surface area (Å²) in [6, 6.07) is 4.25. The Kier molecular flexibility index (Phi) is 4.09. The fourth-order valence-corrected chi connectivity index (χ4v) is 4.21. The number of fused-ring (bicyclic) bond motifs is 1. The van der Waals surface area contributed by atoms with Gasteiger partial charge in [-0.05, 0) is 6.07 Å². The van der Waals surface area contributed by atoms with Gasteiger partial charge in [0.2, 0.25) is 0 Å². The Labute approximate surface area is 141 Å². The van der Waals surface area contributed by atoms with E-state index >= 15 is 0 Å². The molecule has 0 saturated carbocycles. The maximum absolute atomic E-state index is 13.3. The van der Waals surface area contributed by atoms with Crippen LogP contribution in [0.25, 0.3) is 10.6 Å². The number of alkyl halides is 3. The summed E-state index contributed by atoms with van der Waals surface area (Å²) in [5, 5.41) is 9.29. The number of hydrogen-bond donors (Lipinski definition) is 1. The van der Waals surface area contributed by atoms with Crippen LogP contribution in [0.1, 0.15) is 16.1 Å². The van der Waals surface area contributed by atoms with Crippen LogP contribution in [0.5, 0.6) is 0 Å². The van der Waals surface area contributed by atoms with E-state index in [9.17, 15) is 18.0 Å². The van der Waals surface area contributed by atoms with Crippen molar-refractivity contribution in [2.75, 3.05) is 6.54 Å². The van der Waals surface area contributed by atoms with Crippen molar-refractivity contribution < 1.29 is 23.1 Å². The number of rotatable bonds is 1. The normalized spacial score (nSPS) is 14.7. The lowest BCUT2D eigenvalue weighted by Crippen LogP contribution is -2.34. The van der Waals surface area contributed by atoms with Crippen molar-refractivity contribution in [3.05, 3.63) is 38.8 Å². The van der Waals surface area contributed by atoms with Crippen LogP contribution >= 0.6 is 27.3 Å². The monoisotopic (exact) mass is 406 g/mol. The first-order valence-corrected chi connectivity index (χ1v) is 8.21. The number of aromatic nitrogens is 1. The third-order valence-corrected chi connectivity index (χ3v) is 5.31. The van der Waals surface area contributed by atoms with Gasteiger partial charge >= 0.3 is 12.3 Å². The van der Waals surface area contributed by atoms with E-state index in [4.69, 9.17) is 5.11 Å². The Bertz CT molecular complexity index is 776. The van der Waals surface area contributed by atoms with Gasteiger partial charge in [-0.3, -0.25) is 0 Å². The van der Waals surface area contributed by atoms with E-state index in [1.54, 1.807) is 0 Å². The number of thiazole rings is 1. The lowest BCUT2D eigenvalue weighted by Gasteiger charge is -2.22. The highest BCUT2D eigenvalue weighted by molar-refractivity contribution is 9.10. The molecule has 0 fully saturated rings. The number of amides is 1. The van der Waals surface area contributed by atoms with Crippen LogP contribution in [0, 0.1) is 0 Å². The van der Waals surface area contributed by atoms with Gasteiger partial charge in [-0.1, -0.05) is 28.1 Å². The highest BCUT2D eigenvalue weighted by Gasteiger charge is 2.37. The van der Waals surface area contributed by atoms with Gasteiger partial charge in [-0.2, -0.15) is 13.2 Å². The number of carboxylic acid groups (broad SMARTS) is 1. The summed E-state index contributed by atoms with van der Waals surface area (Å²) in [6.07, 6.45) is -5.13. The minimum atomic E-state index is -4.51. The average Bonchev–Trinajstić information content (AvgIpc) is 2.88. The van der Waals surface area contributed by atoms with Crippen LogP contribution in [-0.4, -0.2) is 27.6 Å². The molecule has 0 unspecified atom stereocenters. The topological polar surface area (TPSA) is 53.4 Å². The van der Waals surface area contributed by atoms with Crippen molar-refractivity contribution >= 4 is 33.4 Å². The highest BCUT2D eigenvalue weighted by atomic mass is 79.9. The van der Waals surface area contributed by atoms with Gasteiger partial charge in [0, 0.05) is 27.9 Å². The van der Waals surface area contributed by atoms with Crippen LogP contribution in [0.3, 0.4) is 0 Å². The molecule has 0 atom stereocenters. The number of carbonyl (C=O) groups is 1. The summed E-state index contributed by atoms with van der Waals surface area (Å²) in [5.74, 6) is 0. The van der Waals surface area contributed by atoms with Crippen molar-refractivity contribution in [3.8, 4) is 10.6 Å². The first kappa shape index (κ1) is 16.3. The SMILES string of the molecule is O=C(O)N1CCc2nc(-c3cccc(Br)c3C(F)(F)F)sc2C1. The van der Waals surface area contributed by atoms with E-state index in [1.807, 2.05) is 0 Å². The largest absolute Gasteiger partial charge is 0.465 e. The molecule has 1 aliphatic heterocycles. The lowest BCUT2D eigenvalue weighted by molar-refractivity contribution is -0.137. The Balaban J connectivity index is 2.06. The Morgan fingerprint density at radius 1 is 1.39 bits per heavy atom. The molecule has 1 aliphatic rings. The molecule has 1 aromatic heterocycles. The number of hydrogen-bond acceptors (Lipinski definition) is 3. The van der Waals surface area contributed by atoms with E-state index in [0.29, 0.717) is 23.5 Å². The van der Waals surface area contributed by atoms with Crippen molar-refractivity contribution in [1.82, 2.24) is 9.88 Å². The van der Waals surface area contributed by atoms with Gasteiger partial charge in [0.25, 0.3) is 0 Å². The van der Waals surface area contributed by atoms with Gasteiger partial charge in [0.15, 0.2) is 0 Å². The molecule has 0 aliphatic carbocycles. The minimum absolute atomic E-state index is 0.00755. The number of halogens is 4. The summed E-state index contributed by atoms with van der Waals surface area (Å²) in [7, 11) is 0. The summed E-state index contributed by atoms with van der Waals surface area (Å²) >= 11 is 4.06. The molecule has 9 heteroatoms. The third-order valence-electron chi connectivity index (χ3n) is 3.53. The fraction of sp³-hybridized carbons (Fsp3) is 0.286. The fourth-order valence-electron chi connectivity index (χ4n) is 2.46. The van der Waals surface area contributed by atoms with Gasteiger partial charge in [-0.15, -0.1) is 11.3 Å². The van der Waals surface area contributed by atoms with Crippen molar-refractivity contribution in [1.29, 1.82) is 0 Å². The number of benzene rings is 1. The maximum Gasteiger partial charge on any atom is 0.418 e. The quantitative estimate of drug-likeness (QED) is 0.750. The minimum Gasteiger partial charge on any atom is -0.465 e. The first-order valence-electron chi connectivity index (χ1n) is 6.60. The molecule has 0 radical (unpaired) electrons.